The number of aliphatic hydroxyl groups excluding tert-OH is 1. The maximum absolute atomic E-state index is 14.2. The molecule has 1 atom stereocenters. The third-order valence-electron chi connectivity index (χ3n) is 5.06. The number of carbonyl (C=O) groups excluding carboxylic acids is 2. The van der Waals surface area contributed by atoms with Crippen molar-refractivity contribution in [1.82, 2.24) is 4.90 Å². The van der Waals surface area contributed by atoms with E-state index in [1.807, 2.05) is 0 Å². The van der Waals surface area contributed by atoms with E-state index in [1.54, 1.807) is 12.1 Å². The van der Waals surface area contributed by atoms with Crippen molar-refractivity contribution in [3.05, 3.63) is 95.0 Å². The molecule has 0 aliphatic carbocycles. The third-order valence-corrected chi connectivity index (χ3v) is 5.06. The second-order valence-corrected chi connectivity index (χ2v) is 6.91. The lowest BCUT2D eigenvalue weighted by Gasteiger charge is -2.24. The minimum absolute atomic E-state index is 0.00131. The Morgan fingerprint density at radius 2 is 1.87 bits per heavy atom. The highest BCUT2D eigenvalue weighted by atomic mass is 19.1. The molecule has 0 bridgehead atoms. The summed E-state index contributed by atoms with van der Waals surface area (Å²) in [5, 5.41) is 10.9. The number of Topliss-reactive ketones (excluding diaryl/α,β-unsaturated/α-hetero) is 1. The molecule has 2 heterocycles. The number of ether oxygens (including phenoxy) is 1. The number of hydrogen-bond acceptors (Lipinski definition) is 5. The molecule has 1 aliphatic rings. The Labute approximate surface area is 176 Å². The number of ketones is 1. The van der Waals surface area contributed by atoms with Gasteiger partial charge in [-0.15, -0.1) is 0 Å². The predicted molar refractivity (Wildman–Crippen MR) is 106 cm³/mol. The number of hydrogen-bond donors (Lipinski definition) is 1. The normalized spacial score (nSPS) is 17.9. The van der Waals surface area contributed by atoms with Crippen LogP contribution >= 0.6 is 0 Å². The van der Waals surface area contributed by atoms with Gasteiger partial charge in [0.25, 0.3) is 11.7 Å². The number of carbonyl (C=O) groups is 2. The summed E-state index contributed by atoms with van der Waals surface area (Å²) in [4.78, 5) is 26.9. The number of furan rings is 1. The standard InChI is InChI=1S/C23H17F2NO5/c1-30-18-9-6-14(11-17(18)25)21(27)19-20(13-4-7-15(24)8-5-13)26(23(29)22(19)28)12-16-3-2-10-31-16/h2-11,20,27H,12H2,1H3/t20-/m1/s1. The second-order valence-electron chi connectivity index (χ2n) is 6.91. The van der Waals surface area contributed by atoms with Gasteiger partial charge in [-0.05, 0) is 48.0 Å². The van der Waals surface area contributed by atoms with Crippen molar-refractivity contribution in [2.24, 2.45) is 0 Å². The summed E-state index contributed by atoms with van der Waals surface area (Å²) in [6, 6.07) is 11.2. The summed E-state index contributed by atoms with van der Waals surface area (Å²) >= 11 is 0. The van der Waals surface area contributed by atoms with E-state index in [1.165, 1.54) is 54.7 Å². The zero-order valence-corrected chi connectivity index (χ0v) is 16.3. The maximum Gasteiger partial charge on any atom is 0.296 e. The summed E-state index contributed by atoms with van der Waals surface area (Å²) < 4.78 is 37.8. The fraction of sp³-hybridized carbons (Fsp3) is 0.130. The average molecular weight is 425 g/mol. The van der Waals surface area contributed by atoms with E-state index in [2.05, 4.69) is 0 Å². The maximum atomic E-state index is 14.2. The Morgan fingerprint density at radius 1 is 1.13 bits per heavy atom. The van der Waals surface area contributed by atoms with Gasteiger partial charge in [-0.2, -0.15) is 0 Å². The molecular formula is C23H17F2NO5. The molecule has 1 fully saturated rings. The number of benzene rings is 2. The SMILES string of the molecule is COc1ccc(C(O)=C2C(=O)C(=O)N(Cc3ccco3)[C@@H]2c2ccc(F)cc2)cc1F. The zero-order valence-electron chi connectivity index (χ0n) is 16.3. The summed E-state index contributed by atoms with van der Waals surface area (Å²) in [5.41, 5.74) is 0.178. The summed E-state index contributed by atoms with van der Waals surface area (Å²) in [5.74, 6) is -3.19. The first-order chi connectivity index (χ1) is 14.9. The van der Waals surface area contributed by atoms with Gasteiger partial charge in [0.05, 0.1) is 31.5 Å². The molecule has 1 aliphatic heterocycles. The molecule has 2 aromatic carbocycles. The van der Waals surface area contributed by atoms with Gasteiger partial charge in [0, 0.05) is 5.56 Å². The Balaban J connectivity index is 1.86. The van der Waals surface area contributed by atoms with Crippen LogP contribution in [0, 0.1) is 11.6 Å². The summed E-state index contributed by atoms with van der Waals surface area (Å²) in [7, 11) is 1.30. The lowest BCUT2D eigenvalue weighted by atomic mass is 9.95. The number of aliphatic hydroxyl groups is 1. The van der Waals surface area contributed by atoms with Crippen molar-refractivity contribution in [3.8, 4) is 5.75 Å². The Kier molecular flexibility index (Phi) is 5.29. The highest BCUT2D eigenvalue weighted by Crippen LogP contribution is 2.40. The second kappa shape index (κ2) is 8.06. The molecule has 1 N–H and O–H groups in total. The summed E-state index contributed by atoms with van der Waals surface area (Å²) in [6.45, 7) is -0.0482. The molecule has 3 aromatic rings. The first-order valence-corrected chi connectivity index (χ1v) is 9.31. The quantitative estimate of drug-likeness (QED) is 0.377. The van der Waals surface area contributed by atoms with Gasteiger partial charge >= 0.3 is 0 Å². The third kappa shape index (κ3) is 3.68. The molecule has 8 heteroatoms. The van der Waals surface area contributed by atoms with E-state index in [9.17, 15) is 23.5 Å². The number of amides is 1. The van der Waals surface area contributed by atoms with E-state index >= 15 is 0 Å². The largest absolute Gasteiger partial charge is 0.507 e. The molecular weight excluding hydrogens is 408 g/mol. The van der Waals surface area contributed by atoms with Gasteiger partial charge in [-0.3, -0.25) is 9.59 Å². The van der Waals surface area contributed by atoms with Gasteiger partial charge < -0.3 is 19.2 Å². The zero-order chi connectivity index (χ0) is 22.1. The average Bonchev–Trinajstić information content (AvgIpc) is 3.36. The number of rotatable bonds is 5. The fourth-order valence-corrected chi connectivity index (χ4v) is 3.57. The topological polar surface area (TPSA) is 80.0 Å². The van der Waals surface area contributed by atoms with E-state index in [4.69, 9.17) is 9.15 Å². The summed E-state index contributed by atoms with van der Waals surface area (Å²) in [6.07, 6.45) is 1.43. The monoisotopic (exact) mass is 425 g/mol. The van der Waals surface area contributed by atoms with Crippen molar-refractivity contribution in [3.63, 3.8) is 0 Å². The molecule has 0 unspecified atom stereocenters. The van der Waals surface area contributed by atoms with E-state index in [-0.39, 0.29) is 23.4 Å². The van der Waals surface area contributed by atoms with Crippen LogP contribution in [-0.4, -0.2) is 28.8 Å². The van der Waals surface area contributed by atoms with Crippen molar-refractivity contribution >= 4 is 17.4 Å². The molecule has 1 aromatic heterocycles. The van der Waals surface area contributed by atoms with Crippen molar-refractivity contribution in [2.75, 3.05) is 7.11 Å². The molecule has 0 radical (unpaired) electrons. The van der Waals surface area contributed by atoms with E-state index < -0.39 is 35.1 Å². The molecule has 6 nitrogen and oxygen atoms in total. The van der Waals surface area contributed by atoms with Gasteiger partial charge in [0.1, 0.15) is 17.3 Å². The Hall–Kier alpha value is -3.94. The van der Waals surface area contributed by atoms with Crippen molar-refractivity contribution in [2.45, 2.75) is 12.6 Å². The van der Waals surface area contributed by atoms with Crippen molar-refractivity contribution in [1.29, 1.82) is 0 Å². The smallest absolute Gasteiger partial charge is 0.296 e. The van der Waals surface area contributed by atoms with Crippen LogP contribution in [0.5, 0.6) is 5.75 Å². The highest BCUT2D eigenvalue weighted by Gasteiger charge is 2.46. The van der Waals surface area contributed by atoms with Gasteiger partial charge in [-0.1, -0.05) is 12.1 Å². The van der Waals surface area contributed by atoms with E-state index in [0.717, 1.165) is 6.07 Å². The first kappa shape index (κ1) is 20.3. The molecule has 158 valence electrons. The van der Waals surface area contributed by atoms with Crippen LogP contribution in [0.2, 0.25) is 0 Å². The minimum Gasteiger partial charge on any atom is -0.507 e. The molecule has 31 heavy (non-hydrogen) atoms. The van der Waals surface area contributed by atoms with Gasteiger partial charge in [-0.25, -0.2) is 8.78 Å². The van der Waals surface area contributed by atoms with Crippen LogP contribution < -0.4 is 4.74 Å². The number of methoxy groups -OCH3 is 1. The fourth-order valence-electron chi connectivity index (χ4n) is 3.57. The van der Waals surface area contributed by atoms with Crippen LogP contribution in [0.1, 0.15) is 22.9 Å². The van der Waals surface area contributed by atoms with Gasteiger partial charge in [0.2, 0.25) is 0 Å². The molecule has 0 spiro atoms. The van der Waals surface area contributed by atoms with Crippen molar-refractivity contribution < 1.29 is 32.6 Å². The molecule has 1 amide bonds. The van der Waals surface area contributed by atoms with Crippen LogP contribution in [0.15, 0.2) is 70.9 Å². The van der Waals surface area contributed by atoms with E-state index in [0.29, 0.717) is 11.3 Å². The van der Waals surface area contributed by atoms with Crippen LogP contribution in [0.25, 0.3) is 5.76 Å². The van der Waals surface area contributed by atoms with Crippen LogP contribution in [0.4, 0.5) is 8.78 Å². The first-order valence-electron chi connectivity index (χ1n) is 9.31. The number of halogens is 2. The molecule has 4 rings (SSSR count). The Morgan fingerprint density at radius 3 is 2.48 bits per heavy atom. The number of likely N-dealkylation sites (tertiary alicyclic amines) is 1. The predicted octanol–water partition coefficient (Wildman–Crippen LogP) is 4.19. The Bertz CT molecular complexity index is 1170. The highest BCUT2D eigenvalue weighted by molar-refractivity contribution is 6.46. The van der Waals surface area contributed by atoms with Crippen LogP contribution in [0.3, 0.4) is 0 Å². The van der Waals surface area contributed by atoms with Gasteiger partial charge in [0.15, 0.2) is 11.6 Å². The molecule has 1 saturated heterocycles. The lowest BCUT2D eigenvalue weighted by Crippen LogP contribution is -2.29. The minimum atomic E-state index is -1.02. The molecule has 0 saturated carbocycles. The number of nitrogens with zero attached hydrogens (tertiary/aromatic N) is 1. The lowest BCUT2D eigenvalue weighted by molar-refractivity contribution is -0.140. The van der Waals surface area contributed by atoms with Crippen LogP contribution in [-0.2, 0) is 16.1 Å².